The minimum absolute atomic E-state index is 0.291. The quantitative estimate of drug-likeness (QED) is 0.923. The third kappa shape index (κ3) is 2.80. The van der Waals surface area contributed by atoms with Crippen molar-refractivity contribution in [2.45, 2.75) is 37.8 Å². The van der Waals surface area contributed by atoms with Crippen molar-refractivity contribution in [2.75, 3.05) is 12.4 Å². The van der Waals surface area contributed by atoms with Crippen LogP contribution in [0.3, 0.4) is 0 Å². The predicted molar refractivity (Wildman–Crippen MR) is 75.8 cm³/mol. The summed E-state index contributed by atoms with van der Waals surface area (Å²) in [4.78, 5) is 8.31. The molecule has 2 unspecified atom stereocenters. The predicted octanol–water partition coefficient (Wildman–Crippen LogP) is 2.03. The summed E-state index contributed by atoms with van der Waals surface area (Å²) in [5, 5.41) is 7.58. The Labute approximate surface area is 118 Å². The third-order valence-electron chi connectivity index (χ3n) is 3.76. The van der Waals surface area contributed by atoms with Crippen molar-refractivity contribution in [3.63, 3.8) is 0 Å². The van der Waals surface area contributed by atoms with Crippen LogP contribution in [-0.4, -0.2) is 39.0 Å². The van der Waals surface area contributed by atoms with Crippen molar-refractivity contribution in [1.82, 2.24) is 19.7 Å². The molecule has 3 rings (SSSR count). The molecule has 0 amide bonds. The second kappa shape index (κ2) is 6.00. The molecule has 0 radical (unpaired) electrons. The molecular formula is C14H19N5O. The topological polar surface area (TPSA) is 64.9 Å². The van der Waals surface area contributed by atoms with Crippen LogP contribution in [0.4, 0.5) is 5.69 Å². The lowest BCUT2D eigenvalue weighted by molar-refractivity contribution is 0.0606. The Bertz CT molecular complexity index is 525. The highest BCUT2D eigenvalue weighted by molar-refractivity contribution is 5.44. The molecule has 20 heavy (non-hydrogen) atoms. The molecule has 0 saturated heterocycles. The first-order valence-corrected chi connectivity index (χ1v) is 6.97. The normalized spacial score (nSPS) is 22.6. The molecule has 6 nitrogen and oxygen atoms in total. The van der Waals surface area contributed by atoms with Gasteiger partial charge in [0.2, 0.25) is 0 Å². The number of aromatic nitrogens is 4. The van der Waals surface area contributed by atoms with Crippen molar-refractivity contribution < 1.29 is 4.74 Å². The molecular weight excluding hydrogens is 254 g/mol. The molecule has 2 heterocycles. The van der Waals surface area contributed by atoms with Gasteiger partial charge in [0.05, 0.1) is 24.0 Å². The molecule has 0 spiro atoms. The van der Waals surface area contributed by atoms with E-state index in [-0.39, 0.29) is 0 Å². The van der Waals surface area contributed by atoms with Crippen LogP contribution >= 0.6 is 0 Å². The summed E-state index contributed by atoms with van der Waals surface area (Å²) < 4.78 is 7.19. The fraction of sp³-hybridized carbons (Fsp3) is 0.500. The number of rotatable bonds is 4. The number of nitrogens with one attached hydrogen (secondary N) is 1. The summed E-state index contributed by atoms with van der Waals surface area (Å²) in [6.07, 6.45) is 10.0. The van der Waals surface area contributed by atoms with E-state index in [1.54, 1.807) is 18.1 Å². The van der Waals surface area contributed by atoms with Crippen molar-refractivity contribution in [2.24, 2.45) is 0 Å². The first-order chi connectivity index (χ1) is 9.86. The summed E-state index contributed by atoms with van der Waals surface area (Å²) in [6, 6.07) is 4.32. The van der Waals surface area contributed by atoms with Gasteiger partial charge in [-0.25, -0.2) is 14.6 Å². The Kier molecular flexibility index (Phi) is 3.92. The average molecular weight is 273 g/mol. The first-order valence-electron chi connectivity index (χ1n) is 6.97. The lowest BCUT2D eigenvalue weighted by Gasteiger charge is -2.31. The molecule has 0 aliphatic heterocycles. The number of ether oxygens (including phenoxy) is 1. The smallest absolute Gasteiger partial charge is 0.155 e. The number of anilines is 1. The van der Waals surface area contributed by atoms with Crippen LogP contribution in [0.2, 0.25) is 0 Å². The van der Waals surface area contributed by atoms with E-state index in [1.807, 2.05) is 18.3 Å². The second-order valence-corrected chi connectivity index (χ2v) is 5.05. The van der Waals surface area contributed by atoms with E-state index >= 15 is 0 Å². The van der Waals surface area contributed by atoms with Gasteiger partial charge in [-0.1, -0.05) is 12.8 Å². The molecule has 2 aromatic rings. The van der Waals surface area contributed by atoms with Gasteiger partial charge in [0.15, 0.2) is 5.82 Å². The van der Waals surface area contributed by atoms with E-state index in [0.29, 0.717) is 12.1 Å². The molecule has 1 N–H and O–H groups in total. The highest BCUT2D eigenvalue weighted by Gasteiger charge is 2.24. The zero-order chi connectivity index (χ0) is 13.8. The molecule has 1 aliphatic rings. The summed E-state index contributed by atoms with van der Waals surface area (Å²) in [7, 11) is 1.79. The van der Waals surface area contributed by atoms with Crippen LogP contribution in [0.5, 0.6) is 0 Å². The molecule has 1 fully saturated rings. The van der Waals surface area contributed by atoms with Gasteiger partial charge in [-0.05, 0) is 25.0 Å². The fourth-order valence-electron chi connectivity index (χ4n) is 2.69. The van der Waals surface area contributed by atoms with Crippen LogP contribution < -0.4 is 5.32 Å². The fourth-order valence-corrected chi connectivity index (χ4v) is 2.69. The summed E-state index contributed by atoms with van der Waals surface area (Å²) in [6.45, 7) is 0. The van der Waals surface area contributed by atoms with Crippen molar-refractivity contribution in [3.05, 3.63) is 31.0 Å². The van der Waals surface area contributed by atoms with Crippen LogP contribution in [0.15, 0.2) is 31.0 Å². The monoisotopic (exact) mass is 273 g/mol. The summed E-state index contributed by atoms with van der Waals surface area (Å²) >= 11 is 0. The molecule has 0 aromatic carbocycles. The molecule has 2 aromatic heterocycles. The van der Waals surface area contributed by atoms with Gasteiger partial charge in [0.25, 0.3) is 0 Å². The Hall–Kier alpha value is -1.95. The lowest BCUT2D eigenvalue weighted by atomic mass is 9.92. The number of hydrogen-bond acceptors (Lipinski definition) is 5. The van der Waals surface area contributed by atoms with Gasteiger partial charge in [-0.15, -0.1) is 0 Å². The molecule has 1 aliphatic carbocycles. The SMILES string of the molecule is COC1CCCCC1Nc1ccc(-n2cncn2)nc1. The van der Waals surface area contributed by atoms with E-state index in [0.717, 1.165) is 24.3 Å². The van der Waals surface area contributed by atoms with E-state index in [9.17, 15) is 0 Å². The second-order valence-electron chi connectivity index (χ2n) is 5.05. The number of nitrogens with zero attached hydrogens (tertiary/aromatic N) is 4. The lowest BCUT2D eigenvalue weighted by Crippen LogP contribution is -2.37. The van der Waals surface area contributed by atoms with E-state index in [2.05, 4.69) is 20.4 Å². The van der Waals surface area contributed by atoms with Gasteiger partial charge in [0.1, 0.15) is 12.7 Å². The molecule has 2 atom stereocenters. The Balaban J connectivity index is 1.68. The average Bonchev–Trinajstić information content (AvgIpc) is 3.03. The van der Waals surface area contributed by atoms with Crippen LogP contribution in [0, 0.1) is 0 Å². The van der Waals surface area contributed by atoms with Gasteiger partial charge in [0, 0.05) is 7.11 Å². The number of methoxy groups -OCH3 is 1. The van der Waals surface area contributed by atoms with Crippen LogP contribution in [0.1, 0.15) is 25.7 Å². The van der Waals surface area contributed by atoms with Crippen molar-refractivity contribution in [1.29, 1.82) is 0 Å². The Morgan fingerprint density at radius 3 is 2.90 bits per heavy atom. The maximum Gasteiger partial charge on any atom is 0.155 e. The Morgan fingerprint density at radius 2 is 2.20 bits per heavy atom. The number of pyridine rings is 1. The maximum absolute atomic E-state index is 5.55. The van der Waals surface area contributed by atoms with Gasteiger partial charge >= 0.3 is 0 Å². The largest absolute Gasteiger partial charge is 0.379 e. The minimum Gasteiger partial charge on any atom is -0.379 e. The zero-order valence-electron chi connectivity index (χ0n) is 11.6. The van der Waals surface area contributed by atoms with Crippen molar-refractivity contribution in [3.8, 4) is 5.82 Å². The third-order valence-corrected chi connectivity index (χ3v) is 3.76. The zero-order valence-corrected chi connectivity index (χ0v) is 11.6. The first kappa shape index (κ1) is 13.1. The molecule has 0 bridgehead atoms. The molecule has 106 valence electrons. The van der Waals surface area contributed by atoms with Gasteiger partial charge < -0.3 is 10.1 Å². The molecule has 6 heteroatoms. The standard InChI is InChI=1S/C14H19N5O/c1-20-13-5-3-2-4-12(13)18-11-6-7-14(16-8-11)19-10-15-9-17-19/h6-10,12-13,18H,2-5H2,1H3. The van der Waals surface area contributed by atoms with Crippen molar-refractivity contribution >= 4 is 5.69 Å². The maximum atomic E-state index is 5.55. The van der Waals surface area contributed by atoms with Crippen LogP contribution in [-0.2, 0) is 4.74 Å². The van der Waals surface area contributed by atoms with E-state index < -0.39 is 0 Å². The minimum atomic E-state index is 0.291. The highest BCUT2D eigenvalue weighted by atomic mass is 16.5. The number of hydrogen-bond donors (Lipinski definition) is 1. The van der Waals surface area contributed by atoms with E-state index in [4.69, 9.17) is 4.74 Å². The highest BCUT2D eigenvalue weighted by Crippen LogP contribution is 2.24. The van der Waals surface area contributed by atoms with Crippen LogP contribution in [0.25, 0.3) is 5.82 Å². The van der Waals surface area contributed by atoms with Gasteiger partial charge in [-0.2, -0.15) is 5.10 Å². The summed E-state index contributed by atoms with van der Waals surface area (Å²) in [5.41, 5.74) is 1.02. The molecule has 1 saturated carbocycles. The van der Waals surface area contributed by atoms with Gasteiger partial charge in [-0.3, -0.25) is 0 Å². The summed E-state index contributed by atoms with van der Waals surface area (Å²) in [5.74, 6) is 0.764. The Morgan fingerprint density at radius 1 is 1.30 bits per heavy atom. The van der Waals surface area contributed by atoms with E-state index in [1.165, 1.54) is 19.2 Å².